The summed E-state index contributed by atoms with van der Waals surface area (Å²) in [7, 11) is 0. The van der Waals surface area contributed by atoms with Gasteiger partial charge in [-0.25, -0.2) is 4.98 Å². The number of hydrogen-bond donors (Lipinski definition) is 1. The summed E-state index contributed by atoms with van der Waals surface area (Å²) in [6, 6.07) is 7.09. The van der Waals surface area contributed by atoms with Crippen molar-refractivity contribution >= 4 is 45.7 Å². The maximum absolute atomic E-state index is 12.3. The SMILES string of the molecule is O=C(CC1CCCCC1)Nc1c(Cl)ccc2nc(Cl)ccc12. The van der Waals surface area contributed by atoms with Crippen LogP contribution >= 0.6 is 23.2 Å². The molecule has 1 aliphatic rings. The normalized spacial score (nSPS) is 15.9. The van der Waals surface area contributed by atoms with Crippen LogP contribution in [0.1, 0.15) is 38.5 Å². The van der Waals surface area contributed by atoms with Crippen LogP contribution < -0.4 is 5.32 Å². The Balaban J connectivity index is 1.80. The maximum Gasteiger partial charge on any atom is 0.224 e. The number of amides is 1. The summed E-state index contributed by atoms with van der Waals surface area (Å²) in [4.78, 5) is 16.6. The lowest BCUT2D eigenvalue weighted by molar-refractivity contribution is -0.117. The topological polar surface area (TPSA) is 42.0 Å². The van der Waals surface area contributed by atoms with Crippen LogP contribution in [0.15, 0.2) is 24.3 Å². The molecular formula is C17H18Cl2N2O. The highest BCUT2D eigenvalue weighted by atomic mass is 35.5. The molecule has 1 aromatic carbocycles. The average Bonchev–Trinajstić information content (AvgIpc) is 2.51. The summed E-state index contributed by atoms with van der Waals surface area (Å²) in [5, 5.41) is 4.73. The Kier molecular flexibility index (Phi) is 4.84. The first-order valence-electron chi connectivity index (χ1n) is 7.68. The van der Waals surface area contributed by atoms with Crippen molar-refractivity contribution in [2.24, 2.45) is 5.92 Å². The van der Waals surface area contributed by atoms with Crippen LogP contribution in [0.4, 0.5) is 5.69 Å². The highest BCUT2D eigenvalue weighted by Crippen LogP contribution is 2.32. The maximum atomic E-state index is 12.3. The van der Waals surface area contributed by atoms with Gasteiger partial charge in [0.1, 0.15) is 5.15 Å². The zero-order chi connectivity index (χ0) is 15.5. The molecule has 116 valence electrons. The Hall–Kier alpha value is -1.32. The summed E-state index contributed by atoms with van der Waals surface area (Å²) >= 11 is 12.2. The number of nitrogens with one attached hydrogen (secondary N) is 1. The predicted octanol–water partition coefficient (Wildman–Crippen LogP) is 5.45. The highest BCUT2D eigenvalue weighted by Gasteiger charge is 2.18. The van der Waals surface area contributed by atoms with E-state index >= 15 is 0 Å². The number of nitrogens with zero attached hydrogens (tertiary/aromatic N) is 1. The van der Waals surface area contributed by atoms with Crippen molar-refractivity contribution in [2.45, 2.75) is 38.5 Å². The van der Waals surface area contributed by atoms with E-state index in [9.17, 15) is 4.79 Å². The van der Waals surface area contributed by atoms with E-state index in [1.807, 2.05) is 6.07 Å². The summed E-state index contributed by atoms with van der Waals surface area (Å²) in [5.74, 6) is 0.520. The lowest BCUT2D eigenvalue weighted by Crippen LogP contribution is -2.18. The summed E-state index contributed by atoms with van der Waals surface area (Å²) in [6.45, 7) is 0. The minimum Gasteiger partial charge on any atom is -0.324 e. The molecule has 3 nitrogen and oxygen atoms in total. The number of fused-ring (bicyclic) bond motifs is 1. The molecule has 0 bridgehead atoms. The van der Waals surface area contributed by atoms with Gasteiger partial charge in [-0.1, -0.05) is 42.5 Å². The molecule has 1 amide bonds. The second-order valence-corrected chi connectivity index (χ2v) is 6.67. The van der Waals surface area contributed by atoms with Crippen molar-refractivity contribution in [3.8, 4) is 0 Å². The van der Waals surface area contributed by atoms with Crippen LogP contribution in [0.25, 0.3) is 10.9 Å². The predicted molar refractivity (Wildman–Crippen MR) is 91.6 cm³/mol. The number of carbonyl (C=O) groups is 1. The molecule has 0 aliphatic heterocycles. The van der Waals surface area contributed by atoms with E-state index in [0.29, 0.717) is 28.2 Å². The third-order valence-electron chi connectivity index (χ3n) is 4.25. The van der Waals surface area contributed by atoms with Gasteiger partial charge in [0.05, 0.1) is 16.2 Å². The van der Waals surface area contributed by atoms with Gasteiger partial charge in [-0.15, -0.1) is 0 Å². The van der Waals surface area contributed by atoms with Crippen LogP contribution in [0, 0.1) is 5.92 Å². The Morgan fingerprint density at radius 1 is 1.14 bits per heavy atom. The molecule has 0 radical (unpaired) electrons. The van der Waals surface area contributed by atoms with Gasteiger partial charge in [0.2, 0.25) is 5.91 Å². The van der Waals surface area contributed by atoms with Gasteiger partial charge in [-0.2, -0.15) is 0 Å². The lowest BCUT2D eigenvalue weighted by Gasteiger charge is -2.21. The fourth-order valence-electron chi connectivity index (χ4n) is 3.12. The summed E-state index contributed by atoms with van der Waals surface area (Å²) in [5.41, 5.74) is 1.36. The Bertz CT molecular complexity index is 696. The van der Waals surface area contributed by atoms with E-state index in [1.54, 1.807) is 18.2 Å². The number of halogens is 2. The largest absolute Gasteiger partial charge is 0.324 e. The van der Waals surface area contributed by atoms with Crippen LogP contribution in [0.5, 0.6) is 0 Å². The molecule has 1 fully saturated rings. The van der Waals surface area contributed by atoms with E-state index in [1.165, 1.54) is 19.3 Å². The zero-order valence-electron chi connectivity index (χ0n) is 12.2. The fourth-order valence-corrected chi connectivity index (χ4v) is 3.49. The minimum atomic E-state index is 0.0243. The van der Waals surface area contributed by atoms with E-state index in [2.05, 4.69) is 10.3 Å². The number of rotatable bonds is 3. The fraction of sp³-hybridized carbons (Fsp3) is 0.412. The van der Waals surface area contributed by atoms with Gasteiger partial charge in [0, 0.05) is 11.8 Å². The zero-order valence-corrected chi connectivity index (χ0v) is 13.8. The van der Waals surface area contributed by atoms with Crippen LogP contribution in [0.3, 0.4) is 0 Å². The summed E-state index contributed by atoms with van der Waals surface area (Å²) < 4.78 is 0. The van der Waals surface area contributed by atoms with E-state index in [0.717, 1.165) is 23.7 Å². The van der Waals surface area contributed by atoms with Crippen molar-refractivity contribution < 1.29 is 4.79 Å². The second-order valence-electron chi connectivity index (χ2n) is 5.88. The quantitative estimate of drug-likeness (QED) is 0.757. The first-order valence-corrected chi connectivity index (χ1v) is 8.43. The van der Waals surface area contributed by atoms with E-state index < -0.39 is 0 Å². The molecular weight excluding hydrogens is 319 g/mol. The van der Waals surface area contributed by atoms with Crippen molar-refractivity contribution in [3.05, 3.63) is 34.4 Å². The molecule has 22 heavy (non-hydrogen) atoms. The van der Waals surface area contributed by atoms with Gasteiger partial charge >= 0.3 is 0 Å². The van der Waals surface area contributed by atoms with Crippen LogP contribution in [-0.4, -0.2) is 10.9 Å². The van der Waals surface area contributed by atoms with Gasteiger partial charge in [0.15, 0.2) is 0 Å². The van der Waals surface area contributed by atoms with Gasteiger partial charge in [-0.05, 0) is 43.0 Å². The number of benzene rings is 1. The standard InChI is InChI=1S/C17H18Cl2N2O/c18-13-7-8-14-12(6-9-15(19)20-14)17(13)21-16(22)10-11-4-2-1-3-5-11/h6-9,11H,1-5,10H2,(H,21,22). The van der Waals surface area contributed by atoms with Crippen molar-refractivity contribution in [3.63, 3.8) is 0 Å². The number of pyridine rings is 1. The smallest absolute Gasteiger partial charge is 0.224 e. The Morgan fingerprint density at radius 3 is 2.68 bits per heavy atom. The molecule has 1 aliphatic carbocycles. The number of anilines is 1. The third kappa shape index (κ3) is 3.53. The highest BCUT2D eigenvalue weighted by molar-refractivity contribution is 6.35. The van der Waals surface area contributed by atoms with Crippen molar-refractivity contribution in [2.75, 3.05) is 5.32 Å². The molecule has 1 heterocycles. The van der Waals surface area contributed by atoms with Gasteiger partial charge in [-0.3, -0.25) is 4.79 Å². The molecule has 1 saturated carbocycles. The number of carbonyl (C=O) groups excluding carboxylic acids is 1. The second kappa shape index (κ2) is 6.84. The minimum absolute atomic E-state index is 0.0243. The van der Waals surface area contributed by atoms with Crippen molar-refractivity contribution in [1.82, 2.24) is 4.98 Å². The molecule has 0 unspecified atom stereocenters. The first-order chi connectivity index (χ1) is 10.6. The monoisotopic (exact) mass is 336 g/mol. The molecule has 0 saturated heterocycles. The number of hydrogen-bond acceptors (Lipinski definition) is 2. The molecule has 1 N–H and O–H groups in total. The van der Waals surface area contributed by atoms with Gasteiger partial charge < -0.3 is 5.32 Å². The van der Waals surface area contributed by atoms with Crippen LogP contribution in [0.2, 0.25) is 10.2 Å². The Morgan fingerprint density at radius 2 is 1.91 bits per heavy atom. The molecule has 0 atom stereocenters. The summed E-state index contributed by atoms with van der Waals surface area (Å²) in [6.07, 6.45) is 6.61. The molecule has 1 aromatic heterocycles. The van der Waals surface area contributed by atoms with Crippen LogP contribution in [-0.2, 0) is 4.79 Å². The molecule has 0 spiro atoms. The van der Waals surface area contributed by atoms with Gasteiger partial charge in [0.25, 0.3) is 0 Å². The van der Waals surface area contributed by atoms with E-state index in [4.69, 9.17) is 23.2 Å². The molecule has 5 heteroatoms. The van der Waals surface area contributed by atoms with Crippen molar-refractivity contribution in [1.29, 1.82) is 0 Å². The number of aromatic nitrogens is 1. The van der Waals surface area contributed by atoms with E-state index in [-0.39, 0.29) is 5.91 Å². The first kappa shape index (κ1) is 15.6. The molecule has 3 rings (SSSR count). The Labute approximate surface area is 140 Å². The lowest BCUT2D eigenvalue weighted by atomic mass is 9.87. The average molecular weight is 337 g/mol. The third-order valence-corrected chi connectivity index (χ3v) is 4.78. The molecule has 2 aromatic rings.